The van der Waals surface area contributed by atoms with Gasteiger partial charge in [-0.2, -0.15) is 0 Å². The Bertz CT molecular complexity index is 502. The summed E-state index contributed by atoms with van der Waals surface area (Å²) < 4.78 is 7.73. The van der Waals surface area contributed by atoms with E-state index in [9.17, 15) is 0 Å². The van der Waals surface area contributed by atoms with E-state index in [-0.39, 0.29) is 11.6 Å². The summed E-state index contributed by atoms with van der Waals surface area (Å²) in [6.45, 7) is 6.51. The van der Waals surface area contributed by atoms with Crippen LogP contribution in [0.15, 0.2) is 36.7 Å². The fourth-order valence-electron chi connectivity index (χ4n) is 1.75. The molecular formula is C14H18ClN3O. The van der Waals surface area contributed by atoms with Gasteiger partial charge < -0.3 is 4.74 Å². The Labute approximate surface area is 118 Å². The van der Waals surface area contributed by atoms with Crippen LogP contribution in [0.25, 0.3) is 0 Å². The van der Waals surface area contributed by atoms with E-state index in [1.807, 2.05) is 30.5 Å². The van der Waals surface area contributed by atoms with Gasteiger partial charge in [0.25, 0.3) is 0 Å². The molecule has 0 aliphatic rings. The molecule has 1 atom stereocenters. The number of hydrogen-bond acceptors (Lipinski definition) is 3. The van der Waals surface area contributed by atoms with Crippen molar-refractivity contribution < 1.29 is 4.74 Å². The highest BCUT2D eigenvalue weighted by Gasteiger charge is 2.22. The average molecular weight is 280 g/mol. The minimum absolute atomic E-state index is 0.128. The fourth-order valence-corrected chi connectivity index (χ4v) is 1.88. The second kappa shape index (κ2) is 5.61. The summed E-state index contributed by atoms with van der Waals surface area (Å²) in [5.74, 6) is 0.772. The van der Waals surface area contributed by atoms with E-state index in [1.165, 1.54) is 0 Å². The van der Waals surface area contributed by atoms with Gasteiger partial charge in [0.2, 0.25) is 0 Å². The number of ether oxygens (including phenoxy) is 1. The lowest BCUT2D eigenvalue weighted by Gasteiger charge is -2.26. The molecule has 0 N–H and O–H groups in total. The number of halogens is 1. The summed E-state index contributed by atoms with van der Waals surface area (Å²) in [7, 11) is 0. The summed E-state index contributed by atoms with van der Waals surface area (Å²) >= 11 is 5.87. The predicted molar refractivity (Wildman–Crippen MR) is 75.2 cm³/mol. The quantitative estimate of drug-likeness (QED) is 0.851. The number of aromatic nitrogens is 3. The molecule has 0 aliphatic heterocycles. The summed E-state index contributed by atoms with van der Waals surface area (Å²) in [6, 6.07) is 7.34. The number of benzene rings is 1. The molecule has 0 bridgehead atoms. The molecule has 1 unspecified atom stereocenters. The number of nitrogens with zero attached hydrogens (tertiary/aromatic N) is 3. The van der Waals surface area contributed by atoms with Crippen molar-refractivity contribution in [2.75, 3.05) is 0 Å². The summed E-state index contributed by atoms with van der Waals surface area (Å²) in [5.41, 5.74) is 0.128. The van der Waals surface area contributed by atoms with Crippen LogP contribution in [0.3, 0.4) is 0 Å². The zero-order valence-corrected chi connectivity index (χ0v) is 12.1. The zero-order chi connectivity index (χ0) is 13.9. The van der Waals surface area contributed by atoms with Gasteiger partial charge in [0.05, 0.1) is 6.20 Å². The monoisotopic (exact) mass is 279 g/mol. The molecule has 0 saturated carbocycles. The smallest absolute Gasteiger partial charge is 0.193 e. The van der Waals surface area contributed by atoms with E-state index in [2.05, 4.69) is 31.1 Å². The van der Waals surface area contributed by atoms with Crippen LogP contribution in [0, 0.1) is 5.41 Å². The third-order valence-corrected chi connectivity index (χ3v) is 2.86. The van der Waals surface area contributed by atoms with Crippen molar-refractivity contribution in [1.29, 1.82) is 0 Å². The number of hydrogen-bond donors (Lipinski definition) is 0. The van der Waals surface area contributed by atoms with Gasteiger partial charge in [0.15, 0.2) is 6.23 Å². The van der Waals surface area contributed by atoms with Gasteiger partial charge in [-0.05, 0) is 29.7 Å². The molecule has 1 aromatic carbocycles. The maximum atomic E-state index is 5.99. The summed E-state index contributed by atoms with van der Waals surface area (Å²) in [6.07, 6.45) is 4.12. The van der Waals surface area contributed by atoms with Crippen molar-refractivity contribution in [3.63, 3.8) is 0 Å². The van der Waals surface area contributed by atoms with Crippen LogP contribution in [0.4, 0.5) is 0 Å². The Kier molecular flexibility index (Phi) is 4.10. The van der Waals surface area contributed by atoms with E-state index >= 15 is 0 Å². The Hall–Kier alpha value is -1.55. The molecule has 1 aromatic heterocycles. The molecule has 2 rings (SSSR count). The molecule has 102 valence electrons. The van der Waals surface area contributed by atoms with Crippen molar-refractivity contribution in [2.45, 2.75) is 33.4 Å². The van der Waals surface area contributed by atoms with Crippen molar-refractivity contribution >= 4 is 11.6 Å². The second-order valence-corrected chi connectivity index (χ2v) is 6.11. The highest BCUT2D eigenvalue weighted by atomic mass is 35.5. The Balaban J connectivity index is 2.16. The molecule has 0 radical (unpaired) electrons. The minimum atomic E-state index is -0.177. The lowest BCUT2D eigenvalue weighted by Crippen LogP contribution is -2.22. The van der Waals surface area contributed by atoms with Gasteiger partial charge >= 0.3 is 0 Å². The van der Waals surface area contributed by atoms with Crippen LogP contribution in [0.5, 0.6) is 5.75 Å². The first kappa shape index (κ1) is 13.9. The van der Waals surface area contributed by atoms with E-state index in [1.54, 1.807) is 10.9 Å². The first-order chi connectivity index (χ1) is 8.94. The van der Waals surface area contributed by atoms with Crippen molar-refractivity contribution in [1.82, 2.24) is 15.0 Å². The van der Waals surface area contributed by atoms with Crippen LogP contribution < -0.4 is 4.74 Å². The van der Waals surface area contributed by atoms with Gasteiger partial charge in [-0.3, -0.25) is 0 Å². The molecule has 0 spiro atoms. The Morgan fingerprint density at radius 3 is 2.47 bits per heavy atom. The van der Waals surface area contributed by atoms with Crippen LogP contribution in [-0.4, -0.2) is 15.0 Å². The molecule has 4 nitrogen and oxygen atoms in total. The van der Waals surface area contributed by atoms with Gasteiger partial charge in [-0.15, -0.1) is 5.10 Å². The average Bonchev–Trinajstić information content (AvgIpc) is 2.83. The third-order valence-electron chi connectivity index (χ3n) is 2.61. The highest BCUT2D eigenvalue weighted by Crippen LogP contribution is 2.29. The van der Waals surface area contributed by atoms with Crippen molar-refractivity contribution in [3.8, 4) is 5.75 Å². The standard InChI is InChI=1S/C14H18ClN3O/c1-14(2,3)10-13(18-9-8-16-17-18)19-12-6-4-11(15)5-7-12/h4-9,13H,10H2,1-3H3. The van der Waals surface area contributed by atoms with Crippen molar-refractivity contribution in [2.24, 2.45) is 5.41 Å². The van der Waals surface area contributed by atoms with Gasteiger partial charge in [0, 0.05) is 17.6 Å². The molecule has 5 heteroatoms. The lowest BCUT2D eigenvalue weighted by atomic mass is 9.91. The van der Waals surface area contributed by atoms with Crippen LogP contribution in [0.1, 0.15) is 33.4 Å². The molecule has 0 fully saturated rings. The van der Waals surface area contributed by atoms with E-state index in [0.717, 1.165) is 12.2 Å². The van der Waals surface area contributed by atoms with Gasteiger partial charge in [-0.25, -0.2) is 4.68 Å². The van der Waals surface area contributed by atoms with E-state index in [4.69, 9.17) is 16.3 Å². The van der Waals surface area contributed by atoms with Gasteiger partial charge in [0.1, 0.15) is 5.75 Å². The first-order valence-electron chi connectivity index (χ1n) is 6.22. The second-order valence-electron chi connectivity index (χ2n) is 5.67. The van der Waals surface area contributed by atoms with Crippen molar-refractivity contribution in [3.05, 3.63) is 41.7 Å². The fraction of sp³-hybridized carbons (Fsp3) is 0.429. The zero-order valence-electron chi connectivity index (χ0n) is 11.4. The summed E-state index contributed by atoms with van der Waals surface area (Å²) in [5, 5.41) is 8.57. The number of rotatable bonds is 4. The van der Waals surface area contributed by atoms with Crippen LogP contribution in [-0.2, 0) is 0 Å². The van der Waals surface area contributed by atoms with Crippen LogP contribution in [0.2, 0.25) is 5.02 Å². The molecule has 1 heterocycles. The molecule has 2 aromatic rings. The lowest BCUT2D eigenvalue weighted by molar-refractivity contribution is 0.0702. The van der Waals surface area contributed by atoms with E-state index < -0.39 is 0 Å². The summed E-state index contributed by atoms with van der Waals surface area (Å²) in [4.78, 5) is 0. The highest BCUT2D eigenvalue weighted by molar-refractivity contribution is 6.30. The largest absolute Gasteiger partial charge is 0.469 e. The first-order valence-corrected chi connectivity index (χ1v) is 6.60. The maximum absolute atomic E-state index is 5.99. The van der Waals surface area contributed by atoms with Crippen LogP contribution >= 0.6 is 11.6 Å². The predicted octanol–water partition coefficient (Wildman–Crippen LogP) is 3.95. The maximum Gasteiger partial charge on any atom is 0.193 e. The molecule has 0 saturated heterocycles. The minimum Gasteiger partial charge on any atom is -0.469 e. The topological polar surface area (TPSA) is 39.9 Å². The molecule has 0 aliphatic carbocycles. The molecule has 0 amide bonds. The Morgan fingerprint density at radius 2 is 1.95 bits per heavy atom. The Morgan fingerprint density at radius 1 is 1.26 bits per heavy atom. The van der Waals surface area contributed by atoms with E-state index in [0.29, 0.717) is 5.02 Å². The SMILES string of the molecule is CC(C)(C)CC(Oc1ccc(Cl)cc1)n1ccnn1. The van der Waals surface area contributed by atoms with Gasteiger partial charge in [-0.1, -0.05) is 37.6 Å². The normalized spacial score (nSPS) is 13.3. The molecular weight excluding hydrogens is 262 g/mol. The third kappa shape index (κ3) is 4.24. The molecule has 19 heavy (non-hydrogen) atoms.